The lowest BCUT2D eigenvalue weighted by Gasteiger charge is -2.22. The minimum absolute atomic E-state index is 0.794. The number of anilines is 1. The number of pyridine rings is 2. The van der Waals surface area contributed by atoms with Crippen LogP contribution in [0.1, 0.15) is 29.8 Å². The third-order valence-electron chi connectivity index (χ3n) is 5.25. The standard InChI is InChI=1S/C14H23N5.C9H11N/c1-15-10-12-11-19-13(16-12)6-5-7-14(19)18(4)9-8-17(2)3;1-2-6-9-8(4-1)5-3-7-10-9/h5-7,11,15H,8-10H2,1-4H3;3,5,7H,1-2,4,6H2. The second-order valence-electron chi connectivity index (χ2n) is 7.92. The quantitative estimate of drug-likeness (QED) is 0.696. The van der Waals surface area contributed by atoms with Gasteiger partial charge in [-0.3, -0.25) is 9.38 Å². The fraction of sp³-hybridized carbons (Fsp3) is 0.478. The molecule has 4 rings (SSSR count). The van der Waals surface area contributed by atoms with E-state index in [4.69, 9.17) is 0 Å². The largest absolute Gasteiger partial charge is 0.359 e. The van der Waals surface area contributed by atoms with Crippen molar-refractivity contribution in [1.82, 2.24) is 24.6 Å². The fourth-order valence-electron chi connectivity index (χ4n) is 3.62. The molecule has 0 bridgehead atoms. The summed E-state index contributed by atoms with van der Waals surface area (Å²) >= 11 is 0. The first-order valence-electron chi connectivity index (χ1n) is 10.5. The van der Waals surface area contributed by atoms with Crippen LogP contribution in [-0.2, 0) is 19.4 Å². The van der Waals surface area contributed by atoms with Crippen molar-refractivity contribution in [3.05, 3.63) is 59.7 Å². The molecule has 0 fully saturated rings. The Morgan fingerprint density at radius 2 is 1.86 bits per heavy atom. The lowest BCUT2D eigenvalue weighted by Crippen LogP contribution is -2.29. The predicted molar refractivity (Wildman–Crippen MR) is 121 cm³/mol. The molecule has 6 nitrogen and oxygen atoms in total. The zero-order valence-electron chi connectivity index (χ0n) is 18.2. The number of hydrogen-bond acceptors (Lipinski definition) is 5. The van der Waals surface area contributed by atoms with Crippen molar-refractivity contribution in [2.45, 2.75) is 32.2 Å². The average molecular weight is 395 g/mol. The molecule has 156 valence electrons. The third-order valence-corrected chi connectivity index (χ3v) is 5.25. The van der Waals surface area contributed by atoms with E-state index in [2.05, 4.69) is 75.0 Å². The minimum Gasteiger partial charge on any atom is -0.359 e. The Morgan fingerprint density at radius 3 is 2.62 bits per heavy atom. The summed E-state index contributed by atoms with van der Waals surface area (Å²) in [6.45, 7) is 2.82. The number of nitrogens with zero attached hydrogens (tertiary/aromatic N) is 5. The van der Waals surface area contributed by atoms with E-state index in [1.54, 1.807) is 0 Å². The molecule has 0 amide bonds. The van der Waals surface area contributed by atoms with Crippen molar-refractivity contribution < 1.29 is 0 Å². The molecule has 3 aromatic heterocycles. The van der Waals surface area contributed by atoms with E-state index in [1.807, 2.05) is 25.4 Å². The number of rotatable bonds is 6. The summed E-state index contributed by atoms with van der Waals surface area (Å²) < 4.78 is 2.16. The van der Waals surface area contributed by atoms with Crippen LogP contribution < -0.4 is 10.2 Å². The summed E-state index contributed by atoms with van der Waals surface area (Å²) in [4.78, 5) is 13.4. The maximum atomic E-state index is 4.60. The number of nitrogens with one attached hydrogen (secondary N) is 1. The van der Waals surface area contributed by atoms with Gasteiger partial charge in [-0.25, -0.2) is 4.98 Å². The van der Waals surface area contributed by atoms with Crippen molar-refractivity contribution in [3.8, 4) is 0 Å². The van der Waals surface area contributed by atoms with Crippen LogP contribution in [0.2, 0.25) is 0 Å². The van der Waals surface area contributed by atoms with Gasteiger partial charge in [0.25, 0.3) is 0 Å². The highest BCUT2D eigenvalue weighted by molar-refractivity contribution is 5.52. The monoisotopic (exact) mass is 394 g/mol. The number of likely N-dealkylation sites (N-methyl/N-ethyl adjacent to an activating group) is 2. The molecule has 0 aliphatic heterocycles. The SMILES string of the molecule is CNCc1cn2c(N(C)CCN(C)C)cccc2n1.c1cnc2c(c1)CCCC2. The van der Waals surface area contributed by atoms with E-state index in [9.17, 15) is 0 Å². The molecule has 6 heteroatoms. The molecule has 0 radical (unpaired) electrons. The smallest absolute Gasteiger partial charge is 0.138 e. The summed E-state index contributed by atoms with van der Waals surface area (Å²) in [5.74, 6) is 1.18. The molecule has 29 heavy (non-hydrogen) atoms. The Kier molecular flexibility index (Phi) is 7.61. The summed E-state index contributed by atoms with van der Waals surface area (Å²) in [6.07, 6.45) is 9.10. The summed E-state index contributed by atoms with van der Waals surface area (Å²) in [6, 6.07) is 10.5. The van der Waals surface area contributed by atoms with E-state index in [-0.39, 0.29) is 0 Å². The predicted octanol–water partition coefficient (Wildman–Crippen LogP) is 3.01. The molecule has 1 aliphatic rings. The van der Waals surface area contributed by atoms with Crippen LogP contribution in [0.5, 0.6) is 0 Å². The maximum absolute atomic E-state index is 4.60. The number of aryl methyl sites for hydroxylation is 2. The van der Waals surface area contributed by atoms with Gasteiger partial charge in [0, 0.05) is 44.8 Å². The minimum atomic E-state index is 0.794. The van der Waals surface area contributed by atoms with Crippen LogP contribution in [0.4, 0.5) is 5.82 Å². The Hall–Kier alpha value is -2.44. The van der Waals surface area contributed by atoms with Gasteiger partial charge in [-0.2, -0.15) is 0 Å². The molecular formula is C23H34N6. The van der Waals surface area contributed by atoms with Crippen molar-refractivity contribution in [2.24, 2.45) is 0 Å². The fourth-order valence-corrected chi connectivity index (χ4v) is 3.62. The van der Waals surface area contributed by atoms with Gasteiger partial charge in [-0.1, -0.05) is 12.1 Å². The summed E-state index contributed by atoms with van der Waals surface area (Å²) in [5.41, 5.74) is 4.86. The highest BCUT2D eigenvalue weighted by atomic mass is 15.2. The van der Waals surface area contributed by atoms with Gasteiger partial charge in [0.05, 0.1) is 5.69 Å². The van der Waals surface area contributed by atoms with Crippen molar-refractivity contribution in [3.63, 3.8) is 0 Å². The van der Waals surface area contributed by atoms with Crippen molar-refractivity contribution in [2.75, 3.05) is 46.2 Å². The number of aromatic nitrogens is 3. The molecule has 3 aromatic rings. The molecule has 0 spiro atoms. The maximum Gasteiger partial charge on any atom is 0.138 e. The van der Waals surface area contributed by atoms with E-state index in [0.717, 1.165) is 31.0 Å². The van der Waals surface area contributed by atoms with Gasteiger partial charge >= 0.3 is 0 Å². The number of hydrogen-bond donors (Lipinski definition) is 1. The zero-order valence-corrected chi connectivity index (χ0v) is 18.2. The molecule has 0 unspecified atom stereocenters. The Balaban J connectivity index is 0.000000200. The van der Waals surface area contributed by atoms with Crippen LogP contribution in [0.25, 0.3) is 5.65 Å². The van der Waals surface area contributed by atoms with E-state index < -0.39 is 0 Å². The van der Waals surface area contributed by atoms with Crippen LogP contribution in [0.3, 0.4) is 0 Å². The number of imidazole rings is 1. The van der Waals surface area contributed by atoms with E-state index >= 15 is 0 Å². The second kappa shape index (κ2) is 10.4. The lowest BCUT2D eigenvalue weighted by atomic mass is 9.96. The first-order chi connectivity index (χ1) is 14.1. The van der Waals surface area contributed by atoms with Crippen LogP contribution in [0, 0.1) is 0 Å². The Labute approximate surface area is 174 Å². The third kappa shape index (κ3) is 5.78. The first kappa shape index (κ1) is 21.3. The van der Waals surface area contributed by atoms with Gasteiger partial charge in [0.1, 0.15) is 11.5 Å². The zero-order chi connectivity index (χ0) is 20.6. The normalized spacial score (nSPS) is 13.1. The van der Waals surface area contributed by atoms with Gasteiger partial charge in [-0.15, -0.1) is 0 Å². The van der Waals surface area contributed by atoms with E-state index in [0.29, 0.717) is 0 Å². The Bertz CT molecular complexity index is 876. The second-order valence-corrected chi connectivity index (χ2v) is 7.92. The van der Waals surface area contributed by atoms with Gasteiger partial charge in [-0.05, 0) is 70.6 Å². The van der Waals surface area contributed by atoms with Crippen LogP contribution in [-0.4, -0.2) is 60.5 Å². The molecular weight excluding hydrogens is 360 g/mol. The topological polar surface area (TPSA) is 48.7 Å². The molecule has 0 atom stereocenters. The van der Waals surface area contributed by atoms with E-state index in [1.165, 1.54) is 42.8 Å². The first-order valence-corrected chi connectivity index (χ1v) is 10.5. The van der Waals surface area contributed by atoms with Crippen LogP contribution >= 0.6 is 0 Å². The molecule has 1 N–H and O–H groups in total. The highest BCUT2D eigenvalue weighted by Crippen LogP contribution is 2.18. The molecule has 3 heterocycles. The Morgan fingerprint density at radius 1 is 1.03 bits per heavy atom. The summed E-state index contributed by atoms with van der Waals surface area (Å²) in [5, 5.41) is 3.14. The lowest BCUT2D eigenvalue weighted by molar-refractivity contribution is 0.416. The van der Waals surface area contributed by atoms with Gasteiger partial charge < -0.3 is 15.1 Å². The van der Waals surface area contributed by atoms with Crippen molar-refractivity contribution >= 4 is 11.5 Å². The molecule has 0 saturated heterocycles. The summed E-state index contributed by atoms with van der Waals surface area (Å²) in [7, 11) is 8.25. The van der Waals surface area contributed by atoms with Gasteiger partial charge in [0.2, 0.25) is 0 Å². The number of fused-ring (bicyclic) bond motifs is 2. The van der Waals surface area contributed by atoms with Crippen molar-refractivity contribution in [1.29, 1.82) is 0 Å². The molecule has 0 aromatic carbocycles. The van der Waals surface area contributed by atoms with Gasteiger partial charge in [0.15, 0.2) is 0 Å². The average Bonchev–Trinajstić information content (AvgIpc) is 3.15. The molecule has 0 saturated carbocycles. The van der Waals surface area contributed by atoms with Crippen LogP contribution in [0.15, 0.2) is 42.7 Å². The molecule has 1 aliphatic carbocycles. The highest BCUT2D eigenvalue weighted by Gasteiger charge is 2.09.